The summed E-state index contributed by atoms with van der Waals surface area (Å²) in [6.45, 7) is 2.10. The van der Waals surface area contributed by atoms with Gasteiger partial charge in [-0.25, -0.2) is 4.79 Å². The standard InChI is InChI=1S/C9H11NO3S/c1-2-13-9(12)7-6(5-3-4-5)8(11)10-14-7/h5H,2-4H2,1H3,(H,10,11). The molecule has 1 aliphatic carbocycles. The van der Waals surface area contributed by atoms with E-state index in [4.69, 9.17) is 4.74 Å². The minimum Gasteiger partial charge on any atom is -0.462 e. The van der Waals surface area contributed by atoms with Crippen LogP contribution in [0.15, 0.2) is 4.79 Å². The van der Waals surface area contributed by atoms with Gasteiger partial charge in [-0.2, -0.15) is 0 Å². The minimum absolute atomic E-state index is 0.124. The number of hydrogen-bond acceptors (Lipinski definition) is 4. The molecule has 0 aromatic carbocycles. The summed E-state index contributed by atoms with van der Waals surface area (Å²) in [6.07, 6.45) is 2.01. The number of aromatic amines is 1. The lowest BCUT2D eigenvalue weighted by Crippen LogP contribution is -2.10. The summed E-state index contributed by atoms with van der Waals surface area (Å²) in [4.78, 5) is 23.3. The maximum Gasteiger partial charge on any atom is 0.350 e. The van der Waals surface area contributed by atoms with Crippen LogP contribution in [-0.4, -0.2) is 16.9 Å². The lowest BCUT2D eigenvalue weighted by Gasteiger charge is -1.99. The van der Waals surface area contributed by atoms with Gasteiger partial charge in [0.05, 0.1) is 6.61 Å². The fraction of sp³-hybridized carbons (Fsp3) is 0.556. The predicted octanol–water partition coefficient (Wildman–Crippen LogP) is 1.49. The van der Waals surface area contributed by atoms with Gasteiger partial charge in [0, 0.05) is 5.56 Å². The highest BCUT2D eigenvalue weighted by Gasteiger charge is 2.32. The fourth-order valence-corrected chi connectivity index (χ4v) is 2.22. The number of rotatable bonds is 3. The molecule has 14 heavy (non-hydrogen) atoms. The quantitative estimate of drug-likeness (QED) is 0.774. The fourth-order valence-electron chi connectivity index (χ4n) is 1.40. The molecule has 0 atom stereocenters. The van der Waals surface area contributed by atoms with Crippen LogP contribution in [0.4, 0.5) is 0 Å². The zero-order valence-corrected chi connectivity index (χ0v) is 8.65. The van der Waals surface area contributed by atoms with Crippen molar-refractivity contribution in [3.63, 3.8) is 0 Å². The predicted molar refractivity (Wildman–Crippen MR) is 52.9 cm³/mol. The third-order valence-corrected chi connectivity index (χ3v) is 3.06. The van der Waals surface area contributed by atoms with E-state index in [1.807, 2.05) is 0 Å². The summed E-state index contributed by atoms with van der Waals surface area (Å²) in [6, 6.07) is 0. The summed E-state index contributed by atoms with van der Waals surface area (Å²) in [5.74, 6) is -0.0952. The smallest absolute Gasteiger partial charge is 0.350 e. The summed E-state index contributed by atoms with van der Waals surface area (Å²) in [5.41, 5.74) is 0.508. The third kappa shape index (κ3) is 1.59. The number of ether oxygens (including phenoxy) is 1. The molecule has 2 rings (SSSR count). The molecule has 1 saturated carbocycles. The third-order valence-electron chi connectivity index (χ3n) is 2.18. The summed E-state index contributed by atoms with van der Waals surface area (Å²) >= 11 is 1.08. The second-order valence-corrected chi connectivity index (χ2v) is 4.09. The van der Waals surface area contributed by atoms with Crippen LogP contribution in [0.3, 0.4) is 0 Å². The lowest BCUT2D eigenvalue weighted by molar-refractivity contribution is 0.0531. The normalized spacial score (nSPS) is 15.5. The molecule has 0 saturated heterocycles. The molecule has 0 spiro atoms. The minimum atomic E-state index is -0.377. The second-order valence-electron chi connectivity index (χ2n) is 3.27. The van der Waals surface area contributed by atoms with Crippen molar-refractivity contribution in [2.45, 2.75) is 25.7 Å². The molecular formula is C9H11NO3S. The first-order chi connectivity index (χ1) is 6.74. The zero-order valence-electron chi connectivity index (χ0n) is 7.83. The van der Waals surface area contributed by atoms with E-state index in [1.54, 1.807) is 6.92 Å². The highest BCUT2D eigenvalue weighted by molar-refractivity contribution is 7.08. The number of aromatic nitrogens is 1. The molecule has 1 aromatic rings. The topological polar surface area (TPSA) is 59.2 Å². The van der Waals surface area contributed by atoms with Crippen molar-refractivity contribution in [1.82, 2.24) is 4.37 Å². The van der Waals surface area contributed by atoms with Gasteiger partial charge >= 0.3 is 5.97 Å². The van der Waals surface area contributed by atoms with E-state index in [0.717, 1.165) is 24.4 Å². The summed E-state index contributed by atoms with van der Waals surface area (Å²) in [5, 5.41) is 0. The van der Waals surface area contributed by atoms with E-state index in [-0.39, 0.29) is 17.4 Å². The van der Waals surface area contributed by atoms with Gasteiger partial charge in [-0.15, -0.1) is 0 Å². The molecule has 1 aromatic heterocycles. The molecule has 0 unspecified atom stereocenters. The maximum atomic E-state index is 11.4. The SMILES string of the molecule is CCOC(=O)c1s[nH]c(=O)c1C1CC1. The van der Waals surface area contributed by atoms with E-state index >= 15 is 0 Å². The second kappa shape index (κ2) is 3.57. The van der Waals surface area contributed by atoms with E-state index < -0.39 is 0 Å². The van der Waals surface area contributed by atoms with Crippen LogP contribution in [-0.2, 0) is 4.74 Å². The van der Waals surface area contributed by atoms with Gasteiger partial charge in [-0.05, 0) is 25.7 Å². The van der Waals surface area contributed by atoms with Gasteiger partial charge < -0.3 is 4.74 Å². The van der Waals surface area contributed by atoms with E-state index in [2.05, 4.69) is 4.37 Å². The Balaban J connectivity index is 2.32. The van der Waals surface area contributed by atoms with Crippen LogP contribution >= 0.6 is 11.5 Å². The first-order valence-electron chi connectivity index (χ1n) is 4.62. The largest absolute Gasteiger partial charge is 0.462 e. The number of hydrogen-bond donors (Lipinski definition) is 1. The highest BCUT2D eigenvalue weighted by atomic mass is 32.1. The molecule has 76 valence electrons. The number of nitrogens with one attached hydrogen (secondary N) is 1. The molecule has 4 nitrogen and oxygen atoms in total. The van der Waals surface area contributed by atoms with Crippen LogP contribution in [0, 0.1) is 0 Å². The molecule has 1 aliphatic rings. The molecule has 1 heterocycles. The first kappa shape index (κ1) is 9.45. The maximum absolute atomic E-state index is 11.4. The molecule has 0 radical (unpaired) electrons. The van der Waals surface area contributed by atoms with Crippen molar-refractivity contribution in [3.8, 4) is 0 Å². The average molecular weight is 213 g/mol. The highest BCUT2D eigenvalue weighted by Crippen LogP contribution is 2.40. The van der Waals surface area contributed by atoms with Crippen molar-refractivity contribution >= 4 is 17.5 Å². The Kier molecular flexibility index (Phi) is 2.41. The molecule has 1 fully saturated rings. The van der Waals surface area contributed by atoms with Crippen LogP contribution < -0.4 is 5.56 Å². The van der Waals surface area contributed by atoms with Gasteiger partial charge in [0.1, 0.15) is 4.88 Å². The summed E-state index contributed by atoms with van der Waals surface area (Å²) < 4.78 is 7.46. The Labute approximate surface area is 85.1 Å². The summed E-state index contributed by atoms with van der Waals surface area (Å²) in [7, 11) is 0. The number of esters is 1. The Hall–Kier alpha value is -1.10. The Morgan fingerprint density at radius 2 is 2.36 bits per heavy atom. The van der Waals surface area contributed by atoms with Crippen molar-refractivity contribution in [3.05, 3.63) is 20.8 Å². The molecule has 5 heteroatoms. The van der Waals surface area contributed by atoms with Crippen molar-refractivity contribution in [1.29, 1.82) is 0 Å². The number of carbonyl (C=O) groups excluding carboxylic acids is 1. The molecule has 1 N–H and O–H groups in total. The Bertz CT molecular complexity index is 402. The van der Waals surface area contributed by atoms with E-state index in [1.165, 1.54) is 0 Å². The van der Waals surface area contributed by atoms with Gasteiger partial charge in [0.15, 0.2) is 0 Å². The molecule has 0 aliphatic heterocycles. The van der Waals surface area contributed by atoms with E-state index in [9.17, 15) is 9.59 Å². The molecular weight excluding hydrogens is 202 g/mol. The monoisotopic (exact) mass is 213 g/mol. The number of H-pyrrole nitrogens is 1. The zero-order chi connectivity index (χ0) is 10.1. The van der Waals surface area contributed by atoms with Crippen LogP contribution in [0.1, 0.15) is 40.9 Å². The van der Waals surface area contributed by atoms with Gasteiger partial charge in [0.2, 0.25) is 0 Å². The average Bonchev–Trinajstić information content (AvgIpc) is 2.90. The number of carbonyl (C=O) groups is 1. The lowest BCUT2D eigenvalue weighted by atomic mass is 10.2. The van der Waals surface area contributed by atoms with Crippen molar-refractivity contribution in [2.75, 3.05) is 6.61 Å². The van der Waals surface area contributed by atoms with E-state index in [0.29, 0.717) is 17.0 Å². The Morgan fingerprint density at radius 1 is 1.64 bits per heavy atom. The van der Waals surface area contributed by atoms with Gasteiger partial charge in [-0.1, -0.05) is 11.5 Å². The molecule has 0 amide bonds. The van der Waals surface area contributed by atoms with Gasteiger partial charge in [-0.3, -0.25) is 9.17 Å². The van der Waals surface area contributed by atoms with Crippen LogP contribution in [0.2, 0.25) is 0 Å². The van der Waals surface area contributed by atoms with Crippen LogP contribution in [0.25, 0.3) is 0 Å². The molecule has 0 bridgehead atoms. The van der Waals surface area contributed by atoms with Crippen LogP contribution in [0.5, 0.6) is 0 Å². The Morgan fingerprint density at radius 3 is 2.93 bits per heavy atom. The van der Waals surface area contributed by atoms with Gasteiger partial charge in [0.25, 0.3) is 5.56 Å². The van der Waals surface area contributed by atoms with Crippen molar-refractivity contribution < 1.29 is 9.53 Å². The van der Waals surface area contributed by atoms with Crippen molar-refractivity contribution in [2.24, 2.45) is 0 Å². The first-order valence-corrected chi connectivity index (χ1v) is 5.44.